The molecular weight excluding hydrogens is 296 g/mol. The second-order valence-electron chi connectivity index (χ2n) is 6.84. The lowest BCUT2D eigenvalue weighted by Crippen LogP contribution is -2.14. The highest BCUT2D eigenvalue weighted by Gasteiger charge is 2.27. The Hall–Kier alpha value is -2.42. The lowest BCUT2D eigenvalue weighted by atomic mass is 9.94. The average molecular weight is 314 g/mol. The summed E-state index contributed by atoms with van der Waals surface area (Å²) in [6.07, 6.45) is 6.94. The third kappa shape index (κ3) is 1.97. The molecule has 0 amide bonds. The summed E-state index contributed by atoms with van der Waals surface area (Å²) in [5, 5.41) is 18.9. The van der Waals surface area contributed by atoms with Crippen molar-refractivity contribution < 1.29 is 10.2 Å². The van der Waals surface area contributed by atoms with Crippen LogP contribution in [0, 0.1) is 0 Å². The summed E-state index contributed by atoms with van der Waals surface area (Å²) in [5.74, 6) is -0.304. The Bertz CT molecular complexity index is 944. The van der Waals surface area contributed by atoms with Gasteiger partial charge in [0.2, 0.25) is 0 Å². The zero-order valence-electron chi connectivity index (χ0n) is 13.2. The van der Waals surface area contributed by atoms with Crippen LogP contribution in [0.25, 0.3) is 17.2 Å². The van der Waals surface area contributed by atoms with Crippen molar-refractivity contribution in [3.63, 3.8) is 0 Å². The summed E-state index contributed by atoms with van der Waals surface area (Å²) in [5.41, 5.74) is 10.4. The largest absolute Gasteiger partial charge is 0.367 e. The molecule has 1 atom stereocenters. The molecule has 0 aromatic heterocycles. The molecular formula is C22H18O2. The Kier molecular flexibility index (Phi) is 2.93. The molecule has 118 valence electrons. The fraction of sp³-hybridized carbons (Fsp3) is 0.182. The van der Waals surface area contributed by atoms with E-state index in [4.69, 9.17) is 0 Å². The smallest absolute Gasteiger partial charge is 0.161 e. The molecule has 2 nitrogen and oxygen atoms in total. The standard InChI is InChI=1S/C22H18O2/c23-22(24)20-8-6-15-9-13(5-7-19(15)20)16-11-17-10-14-3-1-2-4-18(14)21(17)12-16/h1-9,12,20,22-24H,10-11H2. The Labute approximate surface area is 141 Å². The Morgan fingerprint density at radius 3 is 2.75 bits per heavy atom. The number of rotatable bonds is 2. The van der Waals surface area contributed by atoms with Crippen LogP contribution in [-0.2, 0) is 6.42 Å². The normalized spacial score (nSPS) is 20.5. The van der Waals surface area contributed by atoms with E-state index in [0.717, 1.165) is 24.0 Å². The summed E-state index contributed by atoms with van der Waals surface area (Å²) >= 11 is 0. The van der Waals surface area contributed by atoms with E-state index in [1.165, 1.54) is 33.4 Å². The van der Waals surface area contributed by atoms with Crippen LogP contribution in [0.3, 0.4) is 0 Å². The van der Waals surface area contributed by atoms with Crippen LogP contribution in [0.4, 0.5) is 0 Å². The van der Waals surface area contributed by atoms with Crippen molar-refractivity contribution in [2.75, 3.05) is 0 Å². The van der Waals surface area contributed by atoms with E-state index in [-0.39, 0.29) is 5.92 Å². The van der Waals surface area contributed by atoms with E-state index >= 15 is 0 Å². The van der Waals surface area contributed by atoms with Crippen molar-refractivity contribution in [3.8, 4) is 0 Å². The van der Waals surface area contributed by atoms with Gasteiger partial charge in [-0.15, -0.1) is 0 Å². The van der Waals surface area contributed by atoms with Crippen LogP contribution in [0.5, 0.6) is 0 Å². The molecule has 0 aliphatic heterocycles. The minimum Gasteiger partial charge on any atom is -0.367 e. The van der Waals surface area contributed by atoms with Gasteiger partial charge in [-0.3, -0.25) is 0 Å². The predicted octanol–water partition coefficient (Wildman–Crippen LogP) is 3.90. The number of allylic oxidation sites excluding steroid dienone is 4. The van der Waals surface area contributed by atoms with E-state index in [1.807, 2.05) is 18.2 Å². The molecule has 24 heavy (non-hydrogen) atoms. The molecule has 0 fully saturated rings. The topological polar surface area (TPSA) is 40.5 Å². The monoisotopic (exact) mass is 314 g/mol. The average Bonchev–Trinajstić information content (AvgIpc) is 3.26. The van der Waals surface area contributed by atoms with Crippen LogP contribution in [0.2, 0.25) is 0 Å². The maximum atomic E-state index is 9.47. The quantitative estimate of drug-likeness (QED) is 0.825. The van der Waals surface area contributed by atoms with Crippen molar-refractivity contribution >= 4 is 17.2 Å². The van der Waals surface area contributed by atoms with Crippen molar-refractivity contribution in [2.45, 2.75) is 25.0 Å². The van der Waals surface area contributed by atoms with E-state index in [0.29, 0.717) is 0 Å². The molecule has 2 aromatic carbocycles. The predicted molar refractivity (Wildman–Crippen MR) is 96.1 cm³/mol. The van der Waals surface area contributed by atoms with Gasteiger partial charge in [-0.2, -0.15) is 0 Å². The molecule has 2 aromatic rings. The van der Waals surface area contributed by atoms with Crippen molar-refractivity contribution in [3.05, 3.63) is 88.0 Å². The van der Waals surface area contributed by atoms with Gasteiger partial charge < -0.3 is 10.2 Å². The van der Waals surface area contributed by atoms with Crippen LogP contribution < -0.4 is 0 Å². The number of hydrogen-bond acceptors (Lipinski definition) is 2. The van der Waals surface area contributed by atoms with Gasteiger partial charge in [0.25, 0.3) is 0 Å². The first kappa shape index (κ1) is 14.0. The van der Waals surface area contributed by atoms with Gasteiger partial charge in [-0.05, 0) is 57.9 Å². The molecule has 0 saturated heterocycles. The van der Waals surface area contributed by atoms with Gasteiger partial charge in [0.1, 0.15) is 0 Å². The van der Waals surface area contributed by atoms with Crippen molar-refractivity contribution in [1.29, 1.82) is 0 Å². The molecule has 0 bridgehead atoms. The van der Waals surface area contributed by atoms with E-state index in [9.17, 15) is 10.2 Å². The summed E-state index contributed by atoms with van der Waals surface area (Å²) in [4.78, 5) is 0. The number of hydrogen-bond donors (Lipinski definition) is 2. The Balaban J connectivity index is 1.49. The third-order valence-electron chi connectivity index (χ3n) is 5.44. The zero-order chi connectivity index (χ0) is 16.3. The Morgan fingerprint density at radius 1 is 1.00 bits per heavy atom. The molecule has 3 aliphatic carbocycles. The van der Waals surface area contributed by atoms with E-state index in [2.05, 4.69) is 42.5 Å². The Morgan fingerprint density at radius 2 is 1.88 bits per heavy atom. The van der Waals surface area contributed by atoms with Crippen LogP contribution >= 0.6 is 0 Å². The highest BCUT2D eigenvalue weighted by molar-refractivity contribution is 5.95. The first-order valence-electron chi connectivity index (χ1n) is 8.40. The summed E-state index contributed by atoms with van der Waals surface area (Å²) in [6.45, 7) is 0. The maximum absolute atomic E-state index is 9.47. The molecule has 0 spiro atoms. The van der Waals surface area contributed by atoms with Crippen molar-refractivity contribution in [2.24, 2.45) is 0 Å². The van der Waals surface area contributed by atoms with Crippen LogP contribution in [0.15, 0.2) is 60.2 Å². The lowest BCUT2D eigenvalue weighted by Gasteiger charge is -2.14. The van der Waals surface area contributed by atoms with Gasteiger partial charge >= 0.3 is 0 Å². The third-order valence-corrected chi connectivity index (χ3v) is 5.44. The maximum Gasteiger partial charge on any atom is 0.161 e. The minimum absolute atomic E-state index is 0.304. The highest BCUT2D eigenvalue weighted by atomic mass is 16.5. The van der Waals surface area contributed by atoms with Gasteiger partial charge in [-0.1, -0.05) is 60.2 Å². The van der Waals surface area contributed by atoms with E-state index in [1.54, 1.807) is 0 Å². The molecule has 0 saturated carbocycles. The number of benzene rings is 2. The second-order valence-corrected chi connectivity index (χ2v) is 6.84. The fourth-order valence-corrected chi connectivity index (χ4v) is 4.22. The molecule has 5 rings (SSSR count). The summed E-state index contributed by atoms with van der Waals surface area (Å²) < 4.78 is 0. The molecule has 3 aliphatic rings. The fourth-order valence-electron chi connectivity index (χ4n) is 4.22. The molecule has 2 heteroatoms. The van der Waals surface area contributed by atoms with Crippen molar-refractivity contribution in [1.82, 2.24) is 0 Å². The SMILES string of the molecule is OC(O)C1C=Cc2cc(C3=CC4=C(C3)Cc3ccccc34)ccc21. The molecule has 2 N–H and O–H groups in total. The highest BCUT2D eigenvalue weighted by Crippen LogP contribution is 2.45. The van der Waals surface area contributed by atoms with Gasteiger partial charge in [0.05, 0.1) is 5.92 Å². The lowest BCUT2D eigenvalue weighted by molar-refractivity contribution is -0.0490. The summed E-state index contributed by atoms with van der Waals surface area (Å²) in [7, 11) is 0. The summed E-state index contributed by atoms with van der Waals surface area (Å²) in [6, 6.07) is 15.0. The molecule has 0 heterocycles. The second kappa shape index (κ2) is 5.04. The number of aliphatic hydroxyl groups excluding tert-OH is 1. The van der Waals surface area contributed by atoms with Crippen LogP contribution in [0.1, 0.15) is 40.2 Å². The molecule has 1 unspecified atom stereocenters. The van der Waals surface area contributed by atoms with Crippen LogP contribution in [-0.4, -0.2) is 16.5 Å². The number of aliphatic hydroxyl groups is 2. The number of fused-ring (bicyclic) bond motifs is 3. The zero-order valence-corrected chi connectivity index (χ0v) is 13.2. The minimum atomic E-state index is -1.33. The van der Waals surface area contributed by atoms with E-state index < -0.39 is 6.29 Å². The molecule has 0 radical (unpaired) electrons. The van der Waals surface area contributed by atoms with Gasteiger partial charge in [0.15, 0.2) is 6.29 Å². The van der Waals surface area contributed by atoms with Gasteiger partial charge in [0, 0.05) is 0 Å². The van der Waals surface area contributed by atoms with Gasteiger partial charge in [-0.25, -0.2) is 0 Å². The first-order valence-corrected chi connectivity index (χ1v) is 8.40. The first-order chi connectivity index (χ1) is 11.7.